The van der Waals surface area contributed by atoms with Gasteiger partial charge in [0.15, 0.2) is 0 Å². The lowest BCUT2D eigenvalue weighted by Gasteiger charge is -2.34. The van der Waals surface area contributed by atoms with Crippen molar-refractivity contribution in [3.63, 3.8) is 0 Å². The van der Waals surface area contributed by atoms with Crippen LogP contribution in [0.15, 0.2) is 48.5 Å². The standard InChI is InChI=1S/C23H29FN2O2/c1-17(2)21-16-26(23(28)14-19-6-3-4-7-22(19)27)13-5-12-25(21)15-18-8-10-20(24)11-9-18/h3-4,6-11,17,21,27H,5,12-16H2,1-2H3. The molecule has 1 N–H and O–H groups in total. The number of carbonyl (C=O) groups excluding carboxylic acids is 1. The highest BCUT2D eigenvalue weighted by Crippen LogP contribution is 2.22. The lowest BCUT2D eigenvalue weighted by molar-refractivity contribution is -0.131. The third-order valence-electron chi connectivity index (χ3n) is 5.50. The third kappa shape index (κ3) is 5.10. The van der Waals surface area contributed by atoms with Crippen LogP contribution in [0.25, 0.3) is 0 Å². The molecule has 0 aromatic heterocycles. The van der Waals surface area contributed by atoms with Crippen LogP contribution in [-0.2, 0) is 17.8 Å². The van der Waals surface area contributed by atoms with Gasteiger partial charge in [-0.05, 0) is 36.1 Å². The molecule has 0 radical (unpaired) electrons. The first-order chi connectivity index (χ1) is 13.4. The van der Waals surface area contributed by atoms with Crippen LogP contribution in [0.5, 0.6) is 5.75 Å². The van der Waals surface area contributed by atoms with Crippen LogP contribution in [0.3, 0.4) is 0 Å². The molecule has 0 aliphatic carbocycles. The molecule has 1 unspecified atom stereocenters. The number of halogens is 1. The number of para-hydroxylation sites is 1. The summed E-state index contributed by atoms with van der Waals surface area (Å²) in [6, 6.07) is 13.9. The van der Waals surface area contributed by atoms with Crippen molar-refractivity contribution in [2.75, 3.05) is 19.6 Å². The Morgan fingerprint density at radius 3 is 2.54 bits per heavy atom. The molecule has 1 fully saturated rings. The summed E-state index contributed by atoms with van der Waals surface area (Å²) in [7, 11) is 0. The maximum atomic E-state index is 13.2. The van der Waals surface area contributed by atoms with E-state index < -0.39 is 0 Å². The fourth-order valence-corrected chi connectivity index (χ4v) is 3.88. The zero-order valence-corrected chi connectivity index (χ0v) is 16.6. The molecule has 0 spiro atoms. The first kappa shape index (κ1) is 20.3. The van der Waals surface area contributed by atoms with E-state index in [-0.39, 0.29) is 29.9 Å². The number of benzene rings is 2. The molecular weight excluding hydrogens is 355 g/mol. The van der Waals surface area contributed by atoms with Crippen LogP contribution in [0.1, 0.15) is 31.4 Å². The van der Waals surface area contributed by atoms with Crippen molar-refractivity contribution in [1.82, 2.24) is 9.80 Å². The SMILES string of the molecule is CC(C)C1CN(C(=O)Cc2ccccc2O)CCCN1Cc1ccc(F)cc1. The normalized spacial score (nSPS) is 18.3. The Morgan fingerprint density at radius 1 is 1.14 bits per heavy atom. The number of phenols is 1. The smallest absolute Gasteiger partial charge is 0.227 e. The van der Waals surface area contributed by atoms with Crippen molar-refractivity contribution >= 4 is 5.91 Å². The van der Waals surface area contributed by atoms with Crippen molar-refractivity contribution in [2.24, 2.45) is 5.92 Å². The Labute approximate surface area is 166 Å². The molecule has 2 aromatic carbocycles. The fraction of sp³-hybridized carbons (Fsp3) is 0.435. The zero-order chi connectivity index (χ0) is 20.1. The Balaban J connectivity index is 1.70. The summed E-state index contributed by atoms with van der Waals surface area (Å²) in [4.78, 5) is 17.2. The molecule has 0 bridgehead atoms. The van der Waals surface area contributed by atoms with E-state index in [1.54, 1.807) is 18.2 Å². The molecule has 4 nitrogen and oxygen atoms in total. The summed E-state index contributed by atoms with van der Waals surface area (Å²) in [6.45, 7) is 7.41. The van der Waals surface area contributed by atoms with Gasteiger partial charge in [0.25, 0.3) is 0 Å². The maximum Gasteiger partial charge on any atom is 0.227 e. The van der Waals surface area contributed by atoms with Gasteiger partial charge in [0.1, 0.15) is 11.6 Å². The second kappa shape index (κ2) is 9.20. The van der Waals surface area contributed by atoms with E-state index in [9.17, 15) is 14.3 Å². The van der Waals surface area contributed by atoms with Crippen molar-refractivity contribution in [3.05, 3.63) is 65.5 Å². The number of aromatic hydroxyl groups is 1. The molecule has 0 saturated carbocycles. The molecule has 1 aliphatic heterocycles. The van der Waals surface area contributed by atoms with Gasteiger partial charge >= 0.3 is 0 Å². The van der Waals surface area contributed by atoms with Crippen molar-refractivity contribution in [1.29, 1.82) is 0 Å². The monoisotopic (exact) mass is 384 g/mol. The van der Waals surface area contributed by atoms with Crippen LogP contribution in [0.4, 0.5) is 4.39 Å². The summed E-state index contributed by atoms with van der Waals surface area (Å²) in [5, 5.41) is 9.97. The summed E-state index contributed by atoms with van der Waals surface area (Å²) in [5.74, 6) is 0.389. The number of carbonyl (C=O) groups is 1. The van der Waals surface area contributed by atoms with Crippen molar-refractivity contribution < 1.29 is 14.3 Å². The second-order valence-electron chi connectivity index (χ2n) is 7.91. The average molecular weight is 384 g/mol. The topological polar surface area (TPSA) is 43.8 Å². The van der Waals surface area contributed by atoms with Crippen molar-refractivity contribution in [2.45, 2.75) is 39.3 Å². The van der Waals surface area contributed by atoms with Gasteiger partial charge in [-0.25, -0.2) is 4.39 Å². The van der Waals surface area contributed by atoms with Gasteiger partial charge in [-0.1, -0.05) is 44.2 Å². The van der Waals surface area contributed by atoms with Gasteiger partial charge in [-0.2, -0.15) is 0 Å². The number of nitrogens with zero attached hydrogens (tertiary/aromatic N) is 2. The fourth-order valence-electron chi connectivity index (χ4n) is 3.88. The minimum atomic E-state index is -0.221. The summed E-state index contributed by atoms with van der Waals surface area (Å²) >= 11 is 0. The van der Waals surface area contributed by atoms with Gasteiger partial charge in [0.05, 0.1) is 6.42 Å². The predicted octanol–water partition coefficient (Wildman–Crippen LogP) is 3.83. The molecule has 3 rings (SSSR count). The molecule has 1 saturated heterocycles. The summed E-state index contributed by atoms with van der Waals surface area (Å²) in [6.07, 6.45) is 1.12. The Kier molecular flexibility index (Phi) is 6.68. The first-order valence-electron chi connectivity index (χ1n) is 9.97. The van der Waals surface area contributed by atoms with Gasteiger partial charge in [0, 0.05) is 37.8 Å². The number of phenolic OH excluding ortho intramolecular Hbond substituents is 1. The van der Waals surface area contributed by atoms with Gasteiger partial charge in [0.2, 0.25) is 5.91 Å². The lowest BCUT2D eigenvalue weighted by Crippen LogP contribution is -2.45. The highest BCUT2D eigenvalue weighted by molar-refractivity contribution is 5.79. The Bertz CT molecular complexity index is 791. The lowest BCUT2D eigenvalue weighted by atomic mass is 10.0. The molecule has 150 valence electrons. The van der Waals surface area contributed by atoms with Gasteiger partial charge < -0.3 is 10.0 Å². The van der Waals surface area contributed by atoms with Gasteiger partial charge in [-0.15, -0.1) is 0 Å². The number of hydrogen-bond donors (Lipinski definition) is 1. The van der Waals surface area contributed by atoms with Crippen LogP contribution >= 0.6 is 0 Å². The highest BCUT2D eigenvalue weighted by atomic mass is 19.1. The van der Waals surface area contributed by atoms with Crippen molar-refractivity contribution in [3.8, 4) is 5.75 Å². The number of hydrogen-bond acceptors (Lipinski definition) is 3. The van der Waals surface area contributed by atoms with Crippen LogP contribution < -0.4 is 0 Å². The van der Waals surface area contributed by atoms with Gasteiger partial charge in [-0.3, -0.25) is 9.69 Å². The van der Waals surface area contributed by atoms with E-state index in [4.69, 9.17) is 0 Å². The maximum absolute atomic E-state index is 13.2. The Hall–Kier alpha value is -2.40. The number of amides is 1. The minimum absolute atomic E-state index is 0.0517. The van der Waals surface area contributed by atoms with E-state index in [2.05, 4.69) is 18.7 Å². The summed E-state index contributed by atoms with van der Waals surface area (Å²) in [5.41, 5.74) is 1.75. The molecule has 5 heteroatoms. The van der Waals surface area contributed by atoms with E-state index in [1.165, 1.54) is 12.1 Å². The van der Waals surface area contributed by atoms with Crippen LogP contribution in [-0.4, -0.2) is 46.5 Å². The van der Waals surface area contributed by atoms with E-state index in [0.29, 0.717) is 18.0 Å². The Morgan fingerprint density at radius 2 is 1.86 bits per heavy atom. The van der Waals surface area contributed by atoms with E-state index in [0.717, 1.165) is 31.6 Å². The molecule has 1 amide bonds. The summed E-state index contributed by atoms with van der Waals surface area (Å²) < 4.78 is 13.2. The third-order valence-corrected chi connectivity index (χ3v) is 5.50. The molecule has 1 atom stereocenters. The zero-order valence-electron chi connectivity index (χ0n) is 16.6. The van der Waals surface area contributed by atoms with Crippen LogP contribution in [0.2, 0.25) is 0 Å². The predicted molar refractivity (Wildman–Crippen MR) is 108 cm³/mol. The highest BCUT2D eigenvalue weighted by Gasteiger charge is 2.29. The molecular formula is C23H29FN2O2. The number of rotatable bonds is 5. The molecule has 1 aliphatic rings. The van der Waals surface area contributed by atoms with E-state index >= 15 is 0 Å². The molecule has 1 heterocycles. The molecule has 2 aromatic rings. The second-order valence-corrected chi connectivity index (χ2v) is 7.91. The quantitative estimate of drug-likeness (QED) is 0.852. The largest absolute Gasteiger partial charge is 0.508 e. The average Bonchev–Trinajstić information content (AvgIpc) is 2.88. The van der Waals surface area contributed by atoms with E-state index in [1.807, 2.05) is 23.1 Å². The first-order valence-corrected chi connectivity index (χ1v) is 9.97. The minimum Gasteiger partial charge on any atom is -0.508 e. The van der Waals surface area contributed by atoms with Crippen LogP contribution in [0, 0.1) is 11.7 Å². The molecule has 28 heavy (non-hydrogen) atoms.